The molecule has 1 heterocycles. The van der Waals surface area contributed by atoms with Crippen molar-refractivity contribution in [1.29, 1.82) is 0 Å². The fourth-order valence-electron chi connectivity index (χ4n) is 3.47. The van der Waals surface area contributed by atoms with E-state index in [4.69, 9.17) is 9.47 Å². The number of methoxy groups -OCH3 is 2. The Morgan fingerprint density at radius 2 is 2.00 bits per heavy atom. The van der Waals surface area contributed by atoms with E-state index < -0.39 is 0 Å². The smallest absolute Gasteiger partial charge is 0.255 e. The molecular formula is C19H23NO3S. The lowest BCUT2D eigenvalue weighted by Crippen LogP contribution is -2.38. The molecule has 0 saturated heterocycles. The quantitative estimate of drug-likeness (QED) is 0.860. The molecule has 1 amide bonds. The Bertz CT molecular complexity index is 691. The van der Waals surface area contributed by atoms with Gasteiger partial charge in [0, 0.05) is 22.9 Å². The van der Waals surface area contributed by atoms with Crippen LogP contribution in [0.15, 0.2) is 35.7 Å². The van der Waals surface area contributed by atoms with E-state index in [2.05, 4.69) is 22.8 Å². The van der Waals surface area contributed by atoms with Crippen molar-refractivity contribution in [2.75, 3.05) is 20.8 Å². The van der Waals surface area contributed by atoms with E-state index in [0.717, 1.165) is 12.8 Å². The summed E-state index contributed by atoms with van der Waals surface area (Å²) in [5.74, 6) is 1.11. The Kier molecular flexibility index (Phi) is 5.09. The molecule has 1 aromatic heterocycles. The van der Waals surface area contributed by atoms with Gasteiger partial charge in [-0.05, 0) is 36.4 Å². The van der Waals surface area contributed by atoms with E-state index in [1.807, 2.05) is 0 Å². The Labute approximate surface area is 146 Å². The molecule has 0 unspecified atom stereocenters. The first-order valence-electron chi connectivity index (χ1n) is 8.23. The zero-order valence-electron chi connectivity index (χ0n) is 14.1. The summed E-state index contributed by atoms with van der Waals surface area (Å²) in [5.41, 5.74) is 0.626. The van der Waals surface area contributed by atoms with Crippen LogP contribution in [0.25, 0.3) is 0 Å². The maximum Gasteiger partial charge on any atom is 0.255 e. The molecule has 128 valence electrons. The molecule has 0 bridgehead atoms. The molecule has 1 aliphatic carbocycles. The van der Waals surface area contributed by atoms with Crippen molar-refractivity contribution < 1.29 is 14.3 Å². The van der Waals surface area contributed by atoms with Crippen LogP contribution in [-0.2, 0) is 5.41 Å². The van der Waals surface area contributed by atoms with Crippen molar-refractivity contribution in [2.45, 2.75) is 31.1 Å². The second-order valence-electron chi connectivity index (χ2n) is 6.21. The van der Waals surface area contributed by atoms with Gasteiger partial charge in [0.1, 0.15) is 11.5 Å². The van der Waals surface area contributed by atoms with Crippen LogP contribution in [0.3, 0.4) is 0 Å². The minimum Gasteiger partial charge on any atom is -0.497 e. The highest BCUT2D eigenvalue weighted by Gasteiger charge is 2.36. The van der Waals surface area contributed by atoms with Crippen LogP contribution in [0.5, 0.6) is 11.5 Å². The number of carbonyl (C=O) groups excluding carboxylic acids is 1. The highest BCUT2D eigenvalue weighted by molar-refractivity contribution is 7.10. The van der Waals surface area contributed by atoms with Crippen molar-refractivity contribution in [3.05, 3.63) is 46.2 Å². The van der Waals surface area contributed by atoms with Gasteiger partial charge < -0.3 is 14.8 Å². The molecule has 0 radical (unpaired) electrons. The first-order chi connectivity index (χ1) is 11.7. The number of benzene rings is 1. The molecule has 1 fully saturated rings. The lowest BCUT2D eigenvalue weighted by molar-refractivity contribution is 0.0940. The summed E-state index contributed by atoms with van der Waals surface area (Å²) in [7, 11) is 3.16. The van der Waals surface area contributed by atoms with Gasteiger partial charge in [-0.2, -0.15) is 0 Å². The minimum atomic E-state index is -0.0997. The molecule has 4 nitrogen and oxygen atoms in total. The molecule has 1 aliphatic rings. The van der Waals surface area contributed by atoms with Crippen LogP contribution < -0.4 is 14.8 Å². The van der Waals surface area contributed by atoms with Gasteiger partial charge in [0.2, 0.25) is 0 Å². The lowest BCUT2D eigenvalue weighted by Gasteiger charge is -2.28. The van der Waals surface area contributed by atoms with Crippen LogP contribution in [0.1, 0.15) is 40.9 Å². The second-order valence-corrected chi connectivity index (χ2v) is 7.16. The number of nitrogens with one attached hydrogen (secondary N) is 1. The summed E-state index contributed by atoms with van der Waals surface area (Å²) >= 11 is 1.79. The molecule has 0 spiro atoms. The third kappa shape index (κ3) is 3.26. The summed E-state index contributed by atoms with van der Waals surface area (Å²) in [6.07, 6.45) is 4.71. The normalized spacial score (nSPS) is 15.9. The van der Waals surface area contributed by atoms with Gasteiger partial charge in [-0.1, -0.05) is 18.9 Å². The Balaban J connectivity index is 1.75. The third-order valence-electron chi connectivity index (χ3n) is 4.85. The van der Waals surface area contributed by atoms with Crippen LogP contribution in [0.2, 0.25) is 0 Å². The first-order valence-corrected chi connectivity index (χ1v) is 9.11. The standard InChI is InChI=1S/C19H23NO3S/c1-22-14-7-8-15(16(12-14)23-2)18(21)20-13-19(9-3-4-10-19)17-6-5-11-24-17/h5-8,11-12H,3-4,9-10,13H2,1-2H3,(H,20,21). The van der Waals surface area contributed by atoms with Crippen molar-refractivity contribution in [1.82, 2.24) is 5.32 Å². The van der Waals surface area contributed by atoms with Gasteiger partial charge in [-0.3, -0.25) is 4.79 Å². The van der Waals surface area contributed by atoms with E-state index in [9.17, 15) is 4.79 Å². The summed E-state index contributed by atoms with van der Waals surface area (Å²) < 4.78 is 10.5. The second kappa shape index (κ2) is 7.26. The number of carbonyl (C=O) groups is 1. The van der Waals surface area contributed by atoms with Gasteiger partial charge in [0.05, 0.1) is 19.8 Å². The molecule has 24 heavy (non-hydrogen) atoms. The third-order valence-corrected chi connectivity index (χ3v) is 5.96. The largest absolute Gasteiger partial charge is 0.497 e. The van der Waals surface area contributed by atoms with Gasteiger partial charge in [0.25, 0.3) is 5.91 Å². The number of rotatable bonds is 6. The Hall–Kier alpha value is -2.01. The topological polar surface area (TPSA) is 47.6 Å². The molecule has 1 saturated carbocycles. The van der Waals surface area contributed by atoms with Crippen LogP contribution in [-0.4, -0.2) is 26.7 Å². The summed E-state index contributed by atoms with van der Waals surface area (Å²) in [6, 6.07) is 9.55. The minimum absolute atomic E-state index is 0.0868. The van der Waals surface area contributed by atoms with Gasteiger partial charge in [0.15, 0.2) is 0 Å². The first kappa shape index (κ1) is 16.8. The van der Waals surface area contributed by atoms with Gasteiger partial charge in [-0.25, -0.2) is 0 Å². The molecular weight excluding hydrogens is 322 g/mol. The fourth-order valence-corrected chi connectivity index (χ4v) is 4.46. The number of amides is 1. The highest BCUT2D eigenvalue weighted by Crippen LogP contribution is 2.42. The zero-order valence-corrected chi connectivity index (χ0v) is 14.9. The predicted molar refractivity (Wildman–Crippen MR) is 96.3 cm³/mol. The van der Waals surface area contributed by atoms with E-state index in [0.29, 0.717) is 23.6 Å². The average molecular weight is 345 g/mol. The van der Waals surface area contributed by atoms with Crippen molar-refractivity contribution in [3.8, 4) is 11.5 Å². The molecule has 1 aromatic carbocycles. The molecule has 0 aliphatic heterocycles. The van der Waals surface area contributed by atoms with E-state index in [1.54, 1.807) is 43.8 Å². The zero-order chi connectivity index (χ0) is 17.0. The number of hydrogen-bond donors (Lipinski definition) is 1. The summed E-state index contributed by atoms with van der Waals surface area (Å²) in [6.45, 7) is 0.668. The summed E-state index contributed by atoms with van der Waals surface area (Å²) in [4.78, 5) is 14.0. The molecule has 5 heteroatoms. The fraction of sp³-hybridized carbons (Fsp3) is 0.421. The maximum absolute atomic E-state index is 12.7. The molecule has 1 N–H and O–H groups in total. The van der Waals surface area contributed by atoms with E-state index in [-0.39, 0.29) is 11.3 Å². The monoisotopic (exact) mass is 345 g/mol. The number of thiophene rings is 1. The predicted octanol–water partition coefficient (Wildman–Crippen LogP) is 4.01. The molecule has 0 atom stereocenters. The van der Waals surface area contributed by atoms with Crippen LogP contribution in [0.4, 0.5) is 0 Å². The van der Waals surface area contributed by atoms with Crippen LogP contribution in [0, 0.1) is 0 Å². The van der Waals surface area contributed by atoms with Gasteiger partial charge in [-0.15, -0.1) is 11.3 Å². The molecule has 3 rings (SSSR count). The Morgan fingerprint density at radius 1 is 1.21 bits per heavy atom. The SMILES string of the molecule is COc1ccc(C(=O)NCC2(c3cccs3)CCCC2)c(OC)c1. The number of ether oxygens (including phenoxy) is 2. The van der Waals surface area contributed by atoms with Crippen molar-refractivity contribution >= 4 is 17.2 Å². The Morgan fingerprint density at radius 3 is 2.62 bits per heavy atom. The summed E-state index contributed by atoms with van der Waals surface area (Å²) in [5, 5.41) is 5.24. The highest BCUT2D eigenvalue weighted by atomic mass is 32.1. The maximum atomic E-state index is 12.7. The van der Waals surface area contributed by atoms with E-state index >= 15 is 0 Å². The van der Waals surface area contributed by atoms with E-state index in [1.165, 1.54) is 17.7 Å². The lowest BCUT2D eigenvalue weighted by atomic mass is 9.84. The van der Waals surface area contributed by atoms with Crippen molar-refractivity contribution in [2.24, 2.45) is 0 Å². The van der Waals surface area contributed by atoms with Crippen molar-refractivity contribution in [3.63, 3.8) is 0 Å². The van der Waals surface area contributed by atoms with Crippen LogP contribution >= 0.6 is 11.3 Å². The van der Waals surface area contributed by atoms with Gasteiger partial charge >= 0.3 is 0 Å². The molecule has 2 aromatic rings. The number of hydrogen-bond acceptors (Lipinski definition) is 4. The average Bonchev–Trinajstić information content (AvgIpc) is 3.31.